The van der Waals surface area contributed by atoms with Crippen LogP contribution in [0.15, 0.2) is 72.8 Å². The first-order valence-electron chi connectivity index (χ1n) is 21.6. The van der Waals surface area contributed by atoms with Gasteiger partial charge in [-0.2, -0.15) is 0 Å². The second kappa shape index (κ2) is 23.1. The molecule has 0 saturated carbocycles. The Morgan fingerprint density at radius 1 is 0.643 bits per heavy atom. The standard InChI is InChI=1S/C50H71NO3SSi/c1-9-12-15-17-22-43-37-47(55-49(43)39-52)34-28-42-27-33-46(38-48(42)53-35-18-16-19-36-54-56(7,8)50(4,5)6)51(44-29-23-40(24-30-44)20-13-10-2)45-31-25-41(26-32-45)21-14-11-3/h23-34,37-39H,9-22,35-36H2,1-8H3/b34-28+. The zero-order valence-electron chi connectivity index (χ0n) is 36.1. The predicted molar refractivity (Wildman–Crippen MR) is 247 cm³/mol. The van der Waals surface area contributed by atoms with Gasteiger partial charge in [-0.25, -0.2) is 0 Å². The van der Waals surface area contributed by atoms with Gasteiger partial charge < -0.3 is 14.1 Å². The number of aryl methyl sites for hydroxylation is 3. The molecule has 0 bridgehead atoms. The van der Waals surface area contributed by atoms with Crippen molar-refractivity contribution in [1.29, 1.82) is 0 Å². The van der Waals surface area contributed by atoms with Crippen LogP contribution in [0.4, 0.5) is 17.1 Å². The highest BCUT2D eigenvalue weighted by atomic mass is 32.1. The third kappa shape index (κ3) is 13.9. The Balaban J connectivity index is 1.63. The number of carbonyl (C=O) groups excluding carboxylic acids is 1. The van der Waals surface area contributed by atoms with Crippen molar-refractivity contribution < 1.29 is 14.0 Å². The van der Waals surface area contributed by atoms with E-state index in [4.69, 9.17) is 9.16 Å². The lowest BCUT2D eigenvalue weighted by Gasteiger charge is -2.36. The number of benzene rings is 3. The molecule has 0 unspecified atom stereocenters. The molecule has 0 aliphatic heterocycles. The van der Waals surface area contributed by atoms with E-state index in [9.17, 15) is 4.79 Å². The number of nitrogens with zero attached hydrogens (tertiary/aromatic N) is 1. The minimum Gasteiger partial charge on any atom is -0.493 e. The van der Waals surface area contributed by atoms with Crippen LogP contribution in [0.1, 0.15) is 149 Å². The summed E-state index contributed by atoms with van der Waals surface area (Å²) in [6.07, 6.45) is 21.1. The monoisotopic (exact) mass is 793 g/mol. The number of hydrogen-bond donors (Lipinski definition) is 0. The van der Waals surface area contributed by atoms with Gasteiger partial charge in [0.15, 0.2) is 14.6 Å². The summed E-state index contributed by atoms with van der Waals surface area (Å²) in [6.45, 7) is 19.7. The summed E-state index contributed by atoms with van der Waals surface area (Å²) in [4.78, 5) is 16.3. The minimum absolute atomic E-state index is 0.223. The van der Waals surface area contributed by atoms with Crippen molar-refractivity contribution in [2.24, 2.45) is 0 Å². The molecule has 3 aromatic carbocycles. The summed E-state index contributed by atoms with van der Waals surface area (Å²) in [5, 5.41) is 0.223. The molecular formula is C50H71NO3SSi. The van der Waals surface area contributed by atoms with E-state index in [1.165, 1.54) is 61.6 Å². The molecule has 0 spiro atoms. The van der Waals surface area contributed by atoms with Crippen molar-refractivity contribution in [3.63, 3.8) is 0 Å². The lowest BCUT2D eigenvalue weighted by atomic mass is 10.1. The van der Waals surface area contributed by atoms with Crippen molar-refractivity contribution in [3.05, 3.63) is 105 Å². The fraction of sp³-hybridized carbons (Fsp3) is 0.500. The number of thiophene rings is 1. The molecule has 0 N–H and O–H groups in total. The first-order valence-corrected chi connectivity index (χ1v) is 25.4. The van der Waals surface area contributed by atoms with E-state index in [1.807, 2.05) is 0 Å². The Morgan fingerprint density at radius 3 is 1.79 bits per heavy atom. The van der Waals surface area contributed by atoms with Gasteiger partial charge in [-0.05, 0) is 147 Å². The molecule has 1 aromatic heterocycles. The van der Waals surface area contributed by atoms with Crippen molar-refractivity contribution in [1.82, 2.24) is 0 Å². The maximum Gasteiger partial charge on any atom is 0.191 e. The quantitative estimate of drug-likeness (QED) is 0.0381. The van der Waals surface area contributed by atoms with Gasteiger partial charge in [0.25, 0.3) is 0 Å². The second-order valence-corrected chi connectivity index (χ2v) is 22.8. The molecule has 0 radical (unpaired) electrons. The topological polar surface area (TPSA) is 38.8 Å². The van der Waals surface area contributed by atoms with Crippen LogP contribution >= 0.6 is 11.3 Å². The molecule has 4 rings (SSSR count). The highest BCUT2D eigenvalue weighted by Gasteiger charge is 2.36. The number of hydrogen-bond acceptors (Lipinski definition) is 5. The van der Waals surface area contributed by atoms with Crippen LogP contribution in [0.25, 0.3) is 12.2 Å². The molecule has 304 valence electrons. The maximum absolute atomic E-state index is 12.0. The van der Waals surface area contributed by atoms with Crippen molar-refractivity contribution in [3.8, 4) is 5.75 Å². The molecule has 6 heteroatoms. The Bertz CT molecular complexity index is 1720. The van der Waals surface area contributed by atoms with Crippen LogP contribution < -0.4 is 9.64 Å². The van der Waals surface area contributed by atoms with E-state index < -0.39 is 8.32 Å². The second-order valence-electron chi connectivity index (χ2n) is 16.9. The molecule has 0 aliphatic carbocycles. The average molecular weight is 794 g/mol. The molecule has 4 nitrogen and oxygen atoms in total. The molecule has 0 saturated heterocycles. The number of rotatable bonds is 25. The Hall–Kier alpha value is -3.45. The van der Waals surface area contributed by atoms with Crippen LogP contribution in [-0.2, 0) is 23.7 Å². The van der Waals surface area contributed by atoms with Gasteiger partial charge >= 0.3 is 0 Å². The largest absolute Gasteiger partial charge is 0.493 e. The maximum atomic E-state index is 12.0. The summed E-state index contributed by atoms with van der Waals surface area (Å²) < 4.78 is 13.1. The smallest absolute Gasteiger partial charge is 0.191 e. The number of ether oxygens (including phenoxy) is 1. The van der Waals surface area contributed by atoms with Crippen molar-refractivity contribution >= 4 is 55.2 Å². The molecule has 0 aliphatic rings. The summed E-state index contributed by atoms with van der Waals surface area (Å²) in [7, 11) is -1.74. The van der Waals surface area contributed by atoms with Gasteiger partial charge in [0, 0.05) is 40.2 Å². The fourth-order valence-corrected chi connectivity index (χ4v) is 8.64. The van der Waals surface area contributed by atoms with Gasteiger partial charge in [-0.1, -0.05) is 97.9 Å². The van der Waals surface area contributed by atoms with Crippen LogP contribution in [0.5, 0.6) is 5.75 Å². The summed E-state index contributed by atoms with van der Waals surface area (Å²) in [6, 6.07) is 27.0. The zero-order valence-corrected chi connectivity index (χ0v) is 37.9. The average Bonchev–Trinajstić information content (AvgIpc) is 3.59. The number of aldehydes is 1. The third-order valence-electron chi connectivity index (χ3n) is 11.3. The van der Waals surface area contributed by atoms with Gasteiger partial charge in [-0.15, -0.1) is 11.3 Å². The zero-order chi connectivity index (χ0) is 40.4. The lowest BCUT2D eigenvalue weighted by Crippen LogP contribution is -2.40. The molecule has 0 atom stereocenters. The Morgan fingerprint density at radius 2 is 1.21 bits per heavy atom. The van der Waals surface area contributed by atoms with Crippen LogP contribution in [0.2, 0.25) is 18.1 Å². The van der Waals surface area contributed by atoms with Crippen molar-refractivity contribution in [2.75, 3.05) is 18.1 Å². The highest BCUT2D eigenvalue weighted by Crippen LogP contribution is 2.39. The van der Waals surface area contributed by atoms with Gasteiger partial charge in [-0.3, -0.25) is 4.79 Å². The molecule has 0 amide bonds. The number of unbranched alkanes of at least 4 members (excludes halogenated alkanes) is 7. The molecule has 56 heavy (non-hydrogen) atoms. The minimum atomic E-state index is -1.74. The Kier molecular flexibility index (Phi) is 18.6. The summed E-state index contributed by atoms with van der Waals surface area (Å²) in [5.74, 6) is 0.868. The van der Waals surface area contributed by atoms with Crippen molar-refractivity contribution in [2.45, 2.75) is 150 Å². The summed E-state index contributed by atoms with van der Waals surface area (Å²) in [5.41, 5.74) is 8.28. The predicted octanol–water partition coefficient (Wildman–Crippen LogP) is 15.6. The van der Waals surface area contributed by atoms with Gasteiger partial charge in [0.05, 0.1) is 11.5 Å². The summed E-state index contributed by atoms with van der Waals surface area (Å²) >= 11 is 1.58. The normalized spacial score (nSPS) is 12.1. The molecule has 4 aromatic rings. The Labute approximate surface area is 345 Å². The van der Waals surface area contributed by atoms with Crippen LogP contribution in [0.3, 0.4) is 0 Å². The first kappa shape index (κ1) is 45.3. The molecule has 0 fully saturated rings. The lowest BCUT2D eigenvalue weighted by molar-refractivity contribution is 0.112. The van der Waals surface area contributed by atoms with Crippen LogP contribution in [0, 0.1) is 0 Å². The van der Waals surface area contributed by atoms with Gasteiger partial charge in [0.2, 0.25) is 0 Å². The first-order chi connectivity index (χ1) is 27.0. The van der Waals surface area contributed by atoms with Gasteiger partial charge in [0.1, 0.15) is 5.75 Å². The van der Waals surface area contributed by atoms with Crippen LogP contribution in [-0.4, -0.2) is 27.8 Å². The van der Waals surface area contributed by atoms with E-state index in [1.54, 1.807) is 11.3 Å². The number of carbonyl (C=O) groups is 1. The molecule has 1 heterocycles. The van der Waals surface area contributed by atoms with E-state index in [0.29, 0.717) is 6.61 Å². The SMILES string of the molecule is CCCCCCc1cc(/C=C/c2ccc(N(c3ccc(CCCC)cc3)c3ccc(CCCC)cc3)cc2OCCCCCO[Si](C)(C)C(C)(C)C)sc1C=O. The third-order valence-corrected chi connectivity index (χ3v) is 16.9. The van der Waals surface area contributed by atoms with E-state index in [0.717, 1.165) is 96.0 Å². The highest BCUT2D eigenvalue weighted by molar-refractivity contribution is 7.14. The van der Waals surface area contributed by atoms with E-state index >= 15 is 0 Å². The van der Waals surface area contributed by atoms with E-state index in [2.05, 4.69) is 144 Å². The van der Waals surface area contributed by atoms with E-state index in [-0.39, 0.29) is 5.04 Å². The number of anilines is 3. The fourth-order valence-electron chi connectivity index (χ4n) is 6.62. The molecular weight excluding hydrogens is 723 g/mol.